The van der Waals surface area contributed by atoms with Gasteiger partial charge in [-0.1, -0.05) is 20.3 Å². The van der Waals surface area contributed by atoms with Crippen molar-refractivity contribution < 1.29 is 9.47 Å². The van der Waals surface area contributed by atoms with Crippen molar-refractivity contribution in [3.8, 4) is 11.5 Å². The summed E-state index contributed by atoms with van der Waals surface area (Å²) in [5, 5.41) is 0. The molecule has 1 aliphatic rings. The van der Waals surface area contributed by atoms with Crippen LogP contribution in [0.15, 0.2) is 12.1 Å². The molecule has 20 heavy (non-hydrogen) atoms. The molecule has 112 valence electrons. The van der Waals surface area contributed by atoms with Crippen molar-refractivity contribution in [3.63, 3.8) is 0 Å². The number of benzene rings is 1. The van der Waals surface area contributed by atoms with E-state index in [0.717, 1.165) is 23.6 Å². The molecule has 1 saturated heterocycles. The smallest absolute Gasteiger partial charge is 0.126 e. The van der Waals surface area contributed by atoms with E-state index in [1.807, 2.05) is 0 Å². The van der Waals surface area contributed by atoms with E-state index in [9.17, 15) is 0 Å². The van der Waals surface area contributed by atoms with Crippen molar-refractivity contribution in [2.45, 2.75) is 45.6 Å². The summed E-state index contributed by atoms with van der Waals surface area (Å²) in [4.78, 5) is 2.52. The maximum atomic E-state index is 5.58. The van der Waals surface area contributed by atoms with Crippen LogP contribution in [0.2, 0.25) is 0 Å². The molecule has 0 N–H and O–H groups in total. The van der Waals surface area contributed by atoms with Gasteiger partial charge in [0.05, 0.1) is 14.2 Å². The molecule has 3 nitrogen and oxygen atoms in total. The maximum absolute atomic E-state index is 5.58. The van der Waals surface area contributed by atoms with Gasteiger partial charge in [0.15, 0.2) is 0 Å². The van der Waals surface area contributed by atoms with Gasteiger partial charge >= 0.3 is 0 Å². The van der Waals surface area contributed by atoms with Gasteiger partial charge in [0.25, 0.3) is 0 Å². The van der Waals surface area contributed by atoms with Gasteiger partial charge in [-0.05, 0) is 49.5 Å². The Morgan fingerprint density at radius 2 is 1.55 bits per heavy atom. The Morgan fingerprint density at radius 3 is 2.00 bits per heavy atom. The second-order valence-corrected chi connectivity index (χ2v) is 5.91. The van der Waals surface area contributed by atoms with Crippen molar-refractivity contribution in [1.29, 1.82) is 0 Å². The molecule has 0 aliphatic carbocycles. The molecule has 1 aromatic carbocycles. The number of likely N-dealkylation sites (tertiary alicyclic amines) is 1. The zero-order valence-corrected chi connectivity index (χ0v) is 13.2. The van der Waals surface area contributed by atoms with E-state index in [-0.39, 0.29) is 0 Å². The van der Waals surface area contributed by atoms with E-state index >= 15 is 0 Å². The van der Waals surface area contributed by atoms with Gasteiger partial charge < -0.3 is 9.47 Å². The molecule has 0 bridgehead atoms. The number of methoxy groups -OCH3 is 2. The second-order valence-electron chi connectivity index (χ2n) is 5.91. The molecule has 0 spiro atoms. The molecule has 1 fully saturated rings. The van der Waals surface area contributed by atoms with Gasteiger partial charge in [0.2, 0.25) is 0 Å². The quantitative estimate of drug-likeness (QED) is 0.817. The van der Waals surface area contributed by atoms with E-state index in [2.05, 4.69) is 30.9 Å². The van der Waals surface area contributed by atoms with Crippen LogP contribution in [0.3, 0.4) is 0 Å². The molecule has 1 aromatic rings. The molecule has 3 heteroatoms. The number of hydrogen-bond donors (Lipinski definition) is 0. The van der Waals surface area contributed by atoms with E-state index in [1.54, 1.807) is 14.2 Å². The number of nitrogens with zero attached hydrogens (tertiary/aromatic N) is 1. The molecule has 0 amide bonds. The molecule has 0 atom stereocenters. The van der Waals surface area contributed by atoms with Crippen LogP contribution in [0.25, 0.3) is 0 Å². The molecule has 0 radical (unpaired) electrons. The van der Waals surface area contributed by atoms with Crippen LogP contribution in [0.1, 0.15) is 50.2 Å². The number of rotatable bonds is 5. The van der Waals surface area contributed by atoms with E-state index in [4.69, 9.17) is 9.47 Å². The molecule has 0 aromatic heterocycles. The van der Waals surface area contributed by atoms with Crippen LogP contribution in [0.4, 0.5) is 0 Å². The zero-order chi connectivity index (χ0) is 14.5. The predicted molar refractivity (Wildman–Crippen MR) is 82.8 cm³/mol. The minimum atomic E-state index is 0.393. The van der Waals surface area contributed by atoms with Crippen molar-refractivity contribution in [2.24, 2.45) is 0 Å². The fourth-order valence-electron chi connectivity index (χ4n) is 3.03. The topological polar surface area (TPSA) is 21.7 Å². The third-order valence-electron chi connectivity index (χ3n) is 4.04. The van der Waals surface area contributed by atoms with Crippen LogP contribution in [0, 0.1) is 0 Å². The normalized spacial score (nSPS) is 16.4. The van der Waals surface area contributed by atoms with Crippen LogP contribution >= 0.6 is 0 Å². The molecule has 0 saturated carbocycles. The summed E-state index contributed by atoms with van der Waals surface area (Å²) >= 11 is 0. The lowest BCUT2D eigenvalue weighted by Crippen LogP contribution is -2.29. The molecular weight excluding hydrogens is 250 g/mol. The average Bonchev–Trinajstić information content (AvgIpc) is 2.46. The summed E-state index contributed by atoms with van der Waals surface area (Å²) in [7, 11) is 3.48. The first-order valence-electron chi connectivity index (χ1n) is 7.63. The van der Waals surface area contributed by atoms with Crippen molar-refractivity contribution in [1.82, 2.24) is 4.90 Å². The van der Waals surface area contributed by atoms with E-state index in [1.165, 1.54) is 37.9 Å². The molecular formula is C17H27NO2. The van der Waals surface area contributed by atoms with Gasteiger partial charge in [-0.3, -0.25) is 4.90 Å². The van der Waals surface area contributed by atoms with Gasteiger partial charge in [-0.25, -0.2) is 0 Å². The van der Waals surface area contributed by atoms with Crippen LogP contribution in [-0.2, 0) is 6.54 Å². The summed E-state index contributed by atoms with van der Waals surface area (Å²) in [5.74, 6) is 2.29. The fourth-order valence-corrected chi connectivity index (χ4v) is 3.03. The fraction of sp³-hybridized carbons (Fsp3) is 0.647. The largest absolute Gasteiger partial charge is 0.496 e. The van der Waals surface area contributed by atoms with Gasteiger partial charge in [0, 0.05) is 12.1 Å². The Labute approximate surface area is 122 Å². The third-order valence-corrected chi connectivity index (χ3v) is 4.04. The Morgan fingerprint density at radius 1 is 1.00 bits per heavy atom. The van der Waals surface area contributed by atoms with Gasteiger partial charge in [0.1, 0.15) is 11.5 Å². The second kappa shape index (κ2) is 6.98. The van der Waals surface area contributed by atoms with Crippen LogP contribution in [-0.4, -0.2) is 32.2 Å². The third kappa shape index (κ3) is 3.45. The monoisotopic (exact) mass is 277 g/mol. The average molecular weight is 277 g/mol. The van der Waals surface area contributed by atoms with Crippen molar-refractivity contribution in [2.75, 3.05) is 27.3 Å². The molecule has 0 unspecified atom stereocenters. The number of ether oxygens (including phenoxy) is 2. The highest BCUT2D eigenvalue weighted by Crippen LogP contribution is 2.36. The Bertz CT molecular complexity index is 412. The van der Waals surface area contributed by atoms with Gasteiger partial charge in [-0.2, -0.15) is 0 Å². The SMILES string of the molecule is COc1cc(CN2CCCCC2)cc(OC)c1C(C)C. The lowest BCUT2D eigenvalue weighted by molar-refractivity contribution is 0.220. The number of piperidine rings is 1. The summed E-state index contributed by atoms with van der Waals surface area (Å²) in [5.41, 5.74) is 2.45. The minimum Gasteiger partial charge on any atom is -0.496 e. The van der Waals surface area contributed by atoms with Crippen molar-refractivity contribution in [3.05, 3.63) is 23.3 Å². The summed E-state index contributed by atoms with van der Waals surface area (Å²) in [6.07, 6.45) is 4.01. The Kier molecular flexibility index (Phi) is 5.30. The highest BCUT2D eigenvalue weighted by molar-refractivity contribution is 5.49. The van der Waals surface area contributed by atoms with E-state index in [0.29, 0.717) is 5.92 Å². The summed E-state index contributed by atoms with van der Waals surface area (Å²) in [6, 6.07) is 4.35. The standard InChI is InChI=1S/C17H27NO2/c1-13(2)17-15(19-3)10-14(11-16(17)20-4)12-18-8-6-5-7-9-18/h10-11,13H,5-9,12H2,1-4H3. The summed E-state index contributed by atoms with van der Waals surface area (Å²) in [6.45, 7) is 7.74. The maximum Gasteiger partial charge on any atom is 0.126 e. The lowest BCUT2D eigenvalue weighted by atomic mass is 9.98. The molecule has 2 rings (SSSR count). The Hall–Kier alpha value is -1.22. The summed E-state index contributed by atoms with van der Waals surface area (Å²) < 4.78 is 11.2. The van der Waals surface area contributed by atoms with Crippen molar-refractivity contribution >= 4 is 0 Å². The van der Waals surface area contributed by atoms with E-state index < -0.39 is 0 Å². The van der Waals surface area contributed by atoms with Crippen LogP contribution in [0.5, 0.6) is 11.5 Å². The zero-order valence-electron chi connectivity index (χ0n) is 13.2. The lowest BCUT2D eigenvalue weighted by Gasteiger charge is -2.27. The predicted octanol–water partition coefficient (Wildman–Crippen LogP) is 3.81. The van der Waals surface area contributed by atoms with Crippen LogP contribution < -0.4 is 9.47 Å². The first-order valence-corrected chi connectivity index (χ1v) is 7.63. The Balaban J connectivity index is 2.25. The molecule has 1 aliphatic heterocycles. The highest BCUT2D eigenvalue weighted by Gasteiger charge is 2.17. The molecule has 1 heterocycles. The number of hydrogen-bond acceptors (Lipinski definition) is 3. The first-order chi connectivity index (χ1) is 9.65. The highest BCUT2D eigenvalue weighted by atomic mass is 16.5. The first kappa shape index (κ1) is 15.2. The van der Waals surface area contributed by atoms with Gasteiger partial charge in [-0.15, -0.1) is 0 Å². The minimum absolute atomic E-state index is 0.393.